The van der Waals surface area contributed by atoms with Gasteiger partial charge in [0.25, 0.3) is 5.91 Å². The maximum atomic E-state index is 12.5. The molecule has 7 nitrogen and oxygen atoms in total. The Bertz CT molecular complexity index is 747. The molecule has 2 atom stereocenters. The van der Waals surface area contributed by atoms with Gasteiger partial charge >= 0.3 is 12.0 Å². The molecule has 0 aromatic carbocycles. The summed E-state index contributed by atoms with van der Waals surface area (Å²) >= 11 is 1.47. The van der Waals surface area contributed by atoms with E-state index in [1.54, 1.807) is 0 Å². The lowest BCUT2D eigenvalue weighted by Gasteiger charge is -2.15. The molecule has 0 aromatic heterocycles. The number of rotatable bonds is 8. The summed E-state index contributed by atoms with van der Waals surface area (Å²) in [6, 6.07) is 1.61. The Kier molecular flexibility index (Phi) is 6.56. The summed E-state index contributed by atoms with van der Waals surface area (Å²) in [4.78, 5) is 39.1. The summed E-state index contributed by atoms with van der Waals surface area (Å²) in [6.07, 6.45) is 7.95. The molecule has 0 radical (unpaired) electrons. The zero-order valence-electron chi connectivity index (χ0n) is 15.7. The number of carbonyl (C=O) groups is 3. The number of carbonyl (C=O) groups excluding carboxylic acids is 3. The predicted octanol–water partition coefficient (Wildman–Crippen LogP) is 2.21. The van der Waals surface area contributed by atoms with E-state index in [0.29, 0.717) is 4.91 Å². The van der Waals surface area contributed by atoms with Crippen molar-refractivity contribution in [2.45, 2.75) is 27.2 Å². The fourth-order valence-corrected chi connectivity index (χ4v) is 3.84. The van der Waals surface area contributed by atoms with E-state index in [4.69, 9.17) is 11.2 Å². The first kappa shape index (κ1) is 20.9. The van der Waals surface area contributed by atoms with Crippen molar-refractivity contribution in [3.05, 3.63) is 11.0 Å². The van der Waals surface area contributed by atoms with Gasteiger partial charge < -0.3 is 9.64 Å². The molecule has 1 aliphatic heterocycles. The van der Waals surface area contributed by atoms with Gasteiger partial charge in [0.1, 0.15) is 12.6 Å². The summed E-state index contributed by atoms with van der Waals surface area (Å²) in [5.74, 6) is 1.72. The molecule has 27 heavy (non-hydrogen) atoms. The standard InChI is InChI=1S/C19H23N3O4S/c1-5-7-21-11-15(23)22(18(21)25)12-26-17(24)16-14(19(16,3)4)9-13(10-20)27-8-6-2/h1,9,14,16H,6-8,11-12H2,2-4H3/b13-9+/t14-,16+/m1/s1. The van der Waals surface area contributed by atoms with Crippen LogP contribution < -0.4 is 0 Å². The summed E-state index contributed by atoms with van der Waals surface area (Å²) in [5.41, 5.74) is -0.333. The van der Waals surface area contributed by atoms with Crippen molar-refractivity contribution in [1.82, 2.24) is 9.80 Å². The molecule has 1 saturated heterocycles. The minimum Gasteiger partial charge on any atom is -0.443 e. The smallest absolute Gasteiger partial charge is 0.330 e. The third kappa shape index (κ3) is 4.45. The van der Waals surface area contributed by atoms with E-state index in [-0.39, 0.29) is 24.4 Å². The number of nitriles is 1. The van der Waals surface area contributed by atoms with Crippen LogP contribution in [0.25, 0.3) is 0 Å². The van der Waals surface area contributed by atoms with Crippen molar-refractivity contribution in [1.29, 1.82) is 5.26 Å². The van der Waals surface area contributed by atoms with Crippen LogP contribution >= 0.6 is 11.8 Å². The summed E-state index contributed by atoms with van der Waals surface area (Å²) in [5, 5.41) is 9.24. The second kappa shape index (κ2) is 8.49. The van der Waals surface area contributed by atoms with Crippen LogP contribution in [0, 0.1) is 40.9 Å². The molecule has 0 spiro atoms. The number of nitrogens with zero attached hydrogens (tertiary/aromatic N) is 3. The van der Waals surface area contributed by atoms with Crippen LogP contribution in [0.5, 0.6) is 0 Å². The van der Waals surface area contributed by atoms with Crippen LogP contribution in [0.2, 0.25) is 0 Å². The van der Waals surface area contributed by atoms with E-state index in [0.717, 1.165) is 17.1 Å². The highest BCUT2D eigenvalue weighted by molar-refractivity contribution is 8.03. The van der Waals surface area contributed by atoms with Gasteiger partial charge in [-0.3, -0.25) is 9.59 Å². The van der Waals surface area contributed by atoms with Gasteiger partial charge in [0.15, 0.2) is 6.73 Å². The van der Waals surface area contributed by atoms with Crippen LogP contribution in [0.4, 0.5) is 4.79 Å². The van der Waals surface area contributed by atoms with E-state index >= 15 is 0 Å². The quantitative estimate of drug-likeness (QED) is 0.274. The normalized spacial score (nSPS) is 23.8. The SMILES string of the molecule is C#CCN1CC(=O)N(COC(=O)[C@@H]2[C@@H](/C=C(\C#N)SCCC)C2(C)C)C1=O. The minimum absolute atomic E-state index is 0.0317. The summed E-state index contributed by atoms with van der Waals surface area (Å²) < 4.78 is 5.23. The molecule has 3 amide bonds. The van der Waals surface area contributed by atoms with Crippen LogP contribution in [-0.4, -0.2) is 53.3 Å². The Hall–Kier alpha value is -2.45. The Morgan fingerprint density at radius 2 is 2.19 bits per heavy atom. The van der Waals surface area contributed by atoms with Gasteiger partial charge in [-0.25, -0.2) is 9.69 Å². The summed E-state index contributed by atoms with van der Waals surface area (Å²) in [6.45, 7) is 5.40. The predicted molar refractivity (Wildman–Crippen MR) is 101 cm³/mol. The van der Waals surface area contributed by atoms with Crippen LogP contribution in [0.15, 0.2) is 11.0 Å². The van der Waals surface area contributed by atoms with Crippen molar-refractivity contribution in [3.63, 3.8) is 0 Å². The molecular weight excluding hydrogens is 366 g/mol. The second-order valence-electron chi connectivity index (χ2n) is 7.07. The number of ether oxygens (including phenoxy) is 1. The zero-order valence-corrected chi connectivity index (χ0v) is 16.5. The molecule has 0 unspecified atom stereocenters. The van der Waals surface area contributed by atoms with Crippen molar-refractivity contribution >= 4 is 29.7 Å². The van der Waals surface area contributed by atoms with Crippen LogP contribution in [0.3, 0.4) is 0 Å². The van der Waals surface area contributed by atoms with E-state index in [1.165, 1.54) is 16.7 Å². The zero-order chi connectivity index (χ0) is 20.2. The third-order valence-electron chi connectivity index (χ3n) is 4.81. The topological polar surface area (TPSA) is 90.7 Å². The lowest BCUT2D eigenvalue weighted by Crippen LogP contribution is -2.36. The van der Waals surface area contributed by atoms with Crippen molar-refractivity contribution in [2.24, 2.45) is 17.3 Å². The molecule has 2 aliphatic rings. The first-order valence-corrected chi connectivity index (χ1v) is 9.70. The number of imide groups is 1. The maximum Gasteiger partial charge on any atom is 0.330 e. The van der Waals surface area contributed by atoms with E-state index in [9.17, 15) is 19.6 Å². The number of hydrogen-bond acceptors (Lipinski definition) is 6. The van der Waals surface area contributed by atoms with Crippen molar-refractivity contribution in [2.75, 3.05) is 25.6 Å². The van der Waals surface area contributed by atoms with Gasteiger partial charge in [0.05, 0.1) is 17.4 Å². The molecule has 2 fully saturated rings. The van der Waals surface area contributed by atoms with Gasteiger partial charge in [-0.1, -0.05) is 32.8 Å². The molecule has 8 heteroatoms. The second-order valence-corrected chi connectivity index (χ2v) is 8.21. The number of thioether (sulfide) groups is 1. The lowest BCUT2D eigenvalue weighted by molar-refractivity contribution is -0.151. The highest BCUT2D eigenvalue weighted by atomic mass is 32.2. The number of urea groups is 1. The molecular formula is C19H23N3O4S. The minimum atomic E-state index is -0.556. The van der Waals surface area contributed by atoms with Gasteiger partial charge in [-0.2, -0.15) is 5.26 Å². The van der Waals surface area contributed by atoms with Crippen molar-refractivity contribution in [3.8, 4) is 18.4 Å². The molecule has 2 rings (SSSR count). The Morgan fingerprint density at radius 3 is 2.78 bits per heavy atom. The first-order valence-electron chi connectivity index (χ1n) is 8.72. The number of hydrogen-bond donors (Lipinski definition) is 0. The summed E-state index contributed by atoms with van der Waals surface area (Å²) in [7, 11) is 0. The molecule has 1 aliphatic carbocycles. The van der Waals surface area contributed by atoms with Gasteiger partial charge in [-0.15, -0.1) is 18.2 Å². The average Bonchev–Trinajstić information content (AvgIpc) is 3.06. The monoisotopic (exact) mass is 389 g/mol. The number of esters is 1. The van der Waals surface area contributed by atoms with Gasteiger partial charge in [0.2, 0.25) is 0 Å². The molecule has 0 aromatic rings. The average molecular weight is 389 g/mol. The maximum absolute atomic E-state index is 12.5. The first-order chi connectivity index (χ1) is 12.8. The highest BCUT2D eigenvalue weighted by Crippen LogP contribution is 2.60. The molecule has 144 valence electrons. The number of terminal acetylenes is 1. The van der Waals surface area contributed by atoms with Crippen LogP contribution in [0.1, 0.15) is 27.2 Å². The van der Waals surface area contributed by atoms with Gasteiger partial charge in [0, 0.05) is 0 Å². The third-order valence-corrected chi connectivity index (χ3v) is 5.96. The van der Waals surface area contributed by atoms with E-state index in [1.807, 2.05) is 26.8 Å². The Labute approximate surface area is 163 Å². The molecule has 0 bridgehead atoms. The Morgan fingerprint density at radius 1 is 1.48 bits per heavy atom. The fraction of sp³-hybridized carbons (Fsp3) is 0.579. The number of allylic oxidation sites excluding steroid dienone is 2. The number of amides is 3. The van der Waals surface area contributed by atoms with Crippen molar-refractivity contribution < 1.29 is 19.1 Å². The molecule has 1 heterocycles. The van der Waals surface area contributed by atoms with E-state index in [2.05, 4.69) is 12.0 Å². The molecule has 1 saturated carbocycles. The van der Waals surface area contributed by atoms with Crippen LogP contribution in [-0.2, 0) is 14.3 Å². The highest BCUT2D eigenvalue weighted by Gasteiger charge is 2.61. The lowest BCUT2D eigenvalue weighted by atomic mass is 10.1. The van der Waals surface area contributed by atoms with Gasteiger partial charge in [-0.05, 0) is 23.5 Å². The largest absolute Gasteiger partial charge is 0.443 e. The van der Waals surface area contributed by atoms with E-state index < -0.39 is 30.6 Å². The molecule has 0 N–H and O–H groups in total. The fourth-order valence-electron chi connectivity index (χ4n) is 3.10. The Balaban J connectivity index is 1.96.